The van der Waals surface area contributed by atoms with Gasteiger partial charge in [-0.15, -0.1) is 11.3 Å². The number of halogens is 5. The molecule has 2 aromatic carbocycles. The summed E-state index contributed by atoms with van der Waals surface area (Å²) in [5.74, 6) is -12.2. The molecule has 0 spiro atoms. The van der Waals surface area contributed by atoms with E-state index in [1.54, 1.807) is 5.32 Å². The number of anilines is 1. The van der Waals surface area contributed by atoms with Gasteiger partial charge in [-0.2, -0.15) is 0 Å². The van der Waals surface area contributed by atoms with Crippen molar-refractivity contribution in [3.8, 4) is 5.75 Å². The average Bonchev–Trinajstić information content (AvgIpc) is 3.21. The van der Waals surface area contributed by atoms with Gasteiger partial charge in [-0.25, -0.2) is 22.0 Å². The van der Waals surface area contributed by atoms with E-state index >= 15 is 0 Å². The summed E-state index contributed by atoms with van der Waals surface area (Å²) in [5, 5.41) is 14.1. The van der Waals surface area contributed by atoms with Crippen molar-refractivity contribution in [1.82, 2.24) is 0 Å². The fourth-order valence-corrected chi connectivity index (χ4v) is 3.14. The molecule has 30 heavy (non-hydrogen) atoms. The largest absolute Gasteiger partial charge is 0.482 e. The zero-order chi connectivity index (χ0) is 22.0. The molecule has 0 aliphatic rings. The lowest BCUT2D eigenvalue weighted by Crippen LogP contribution is -2.16. The molecule has 1 heterocycles. The minimum atomic E-state index is -2.34. The van der Waals surface area contributed by atoms with Crippen LogP contribution in [0.1, 0.15) is 15.2 Å². The van der Waals surface area contributed by atoms with E-state index in [2.05, 4.69) is 0 Å². The van der Waals surface area contributed by atoms with Crippen molar-refractivity contribution in [2.75, 3.05) is 5.32 Å². The summed E-state index contributed by atoms with van der Waals surface area (Å²) >= 11 is 0.813. The third-order valence-electron chi connectivity index (χ3n) is 3.78. The molecule has 0 atom stereocenters. The second-order valence-corrected chi connectivity index (χ2v) is 6.64. The monoisotopic (exact) mass is 444 g/mol. The number of nitrogens with one attached hydrogen (secondary N) is 1. The van der Waals surface area contributed by atoms with Crippen LogP contribution in [0.3, 0.4) is 0 Å². The first-order valence-corrected chi connectivity index (χ1v) is 8.85. The van der Waals surface area contributed by atoms with Crippen LogP contribution >= 0.6 is 11.3 Å². The maximum Gasteiger partial charge on any atom is 0.310 e. The molecule has 0 radical (unpaired) electrons. The lowest BCUT2D eigenvalue weighted by atomic mass is 10.2. The minimum absolute atomic E-state index is 0.0129. The van der Waals surface area contributed by atoms with Crippen molar-refractivity contribution in [3.05, 3.63) is 85.4 Å². The van der Waals surface area contributed by atoms with E-state index in [-0.39, 0.29) is 22.9 Å². The summed E-state index contributed by atoms with van der Waals surface area (Å²) in [4.78, 5) is 22.4. The zero-order valence-corrected chi connectivity index (χ0v) is 15.4. The van der Waals surface area contributed by atoms with Gasteiger partial charge in [0.2, 0.25) is 5.82 Å². The number of para-hydroxylation sites is 2. The molecule has 156 valence electrons. The van der Waals surface area contributed by atoms with Gasteiger partial charge in [0.1, 0.15) is 12.3 Å². The first kappa shape index (κ1) is 21.2. The maximum atomic E-state index is 13.7. The second-order valence-electron chi connectivity index (χ2n) is 5.73. The topological polar surface area (TPSA) is 81.5 Å². The van der Waals surface area contributed by atoms with Crippen molar-refractivity contribution in [3.63, 3.8) is 0 Å². The van der Waals surface area contributed by atoms with Crippen molar-refractivity contribution < 1.29 is 36.4 Å². The molecular formula is C18H9F5N2O4S. The highest BCUT2D eigenvalue weighted by Crippen LogP contribution is 2.29. The third kappa shape index (κ3) is 4.08. The van der Waals surface area contributed by atoms with Crippen molar-refractivity contribution >= 4 is 28.6 Å². The molecule has 6 nitrogen and oxygen atoms in total. The van der Waals surface area contributed by atoms with Crippen molar-refractivity contribution in [1.29, 1.82) is 0 Å². The molecule has 0 saturated carbocycles. The predicted octanol–water partition coefficient (Wildman–Crippen LogP) is 5.18. The first-order chi connectivity index (χ1) is 14.2. The Morgan fingerprint density at radius 2 is 1.63 bits per heavy atom. The molecule has 0 fully saturated rings. The van der Waals surface area contributed by atoms with E-state index in [9.17, 15) is 36.9 Å². The van der Waals surface area contributed by atoms with Crippen LogP contribution in [0.5, 0.6) is 5.75 Å². The van der Waals surface area contributed by atoms with Gasteiger partial charge in [0.25, 0.3) is 5.91 Å². The number of carbonyl (C=O) groups excluding carboxylic acids is 1. The van der Waals surface area contributed by atoms with Gasteiger partial charge in [0.15, 0.2) is 29.0 Å². The minimum Gasteiger partial charge on any atom is -0.482 e. The van der Waals surface area contributed by atoms with Crippen LogP contribution in [0.2, 0.25) is 0 Å². The number of ether oxygens (including phenoxy) is 1. The number of thiophene rings is 1. The average molecular weight is 444 g/mol. The molecule has 0 unspecified atom stereocenters. The van der Waals surface area contributed by atoms with Gasteiger partial charge in [0.05, 0.1) is 9.80 Å². The number of hydrogen-bond acceptors (Lipinski definition) is 5. The highest BCUT2D eigenvalue weighted by atomic mass is 32.1. The van der Waals surface area contributed by atoms with Gasteiger partial charge < -0.3 is 10.1 Å². The van der Waals surface area contributed by atoms with E-state index in [1.807, 2.05) is 0 Å². The van der Waals surface area contributed by atoms with Crippen molar-refractivity contribution in [2.24, 2.45) is 0 Å². The quantitative estimate of drug-likeness (QED) is 0.187. The lowest BCUT2D eigenvalue weighted by Gasteiger charge is -2.09. The highest BCUT2D eigenvalue weighted by Gasteiger charge is 2.27. The van der Waals surface area contributed by atoms with Crippen LogP contribution in [0.4, 0.5) is 33.3 Å². The number of amides is 1. The van der Waals surface area contributed by atoms with E-state index in [0.717, 1.165) is 11.3 Å². The van der Waals surface area contributed by atoms with E-state index < -0.39 is 45.6 Å². The number of nitro benzene ring substituents is 1. The summed E-state index contributed by atoms with van der Waals surface area (Å²) in [6.45, 7) is -0.169. The summed E-state index contributed by atoms with van der Waals surface area (Å²) in [7, 11) is 0. The maximum absolute atomic E-state index is 13.7. The molecule has 0 aliphatic carbocycles. The van der Waals surface area contributed by atoms with Gasteiger partial charge in [-0.05, 0) is 17.5 Å². The van der Waals surface area contributed by atoms with Crippen LogP contribution < -0.4 is 10.1 Å². The molecule has 1 N–H and O–H groups in total. The molecule has 1 amide bonds. The molecule has 0 aliphatic heterocycles. The third-order valence-corrected chi connectivity index (χ3v) is 4.76. The smallest absolute Gasteiger partial charge is 0.310 e. The zero-order valence-electron chi connectivity index (χ0n) is 14.5. The lowest BCUT2D eigenvalue weighted by molar-refractivity contribution is -0.385. The molecule has 0 bridgehead atoms. The number of carbonyl (C=O) groups is 1. The molecule has 3 aromatic rings. The van der Waals surface area contributed by atoms with Gasteiger partial charge >= 0.3 is 5.69 Å². The van der Waals surface area contributed by atoms with Crippen molar-refractivity contribution in [2.45, 2.75) is 6.61 Å². The number of nitro groups is 1. The number of hydrogen-bond donors (Lipinski definition) is 1. The molecular weight excluding hydrogens is 435 g/mol. The first-order valence-electron chi connectivity index (χ1n) is 7.97. The SMILES string of the molecule is O=C(Nc1c(F)c(F)c(F)c(F)c1F)c1cc(COc2ccccc2[N+](=O)[O-])cs1. The summed E-state index contributed by atoms with van der Waals surface area (Å²) in [6, 6.07) is 6.85. The van der Waals surface area contributed by atoms with Gasteiger partial charge in [-0.1, -0.05) is 12.1 Å². The summed E-state index contributed by atoms with van der Waals surface area (Å²) < 4.78 is 72.3. The van der Waals surface area contributed by atoms with E-state index in [4.69, 9.17) is 4.74 Å². The normalized spacial score (nSPS) is 10.7. The Hall–Kier alpha value is -3.54. The number of nitrogens with zero attached hydrogens (tertiary/aromatic N) is 1. The molecule has 0 saturated heterocycles. The van der Waals surface area contributed by atoms with Crippen LogP contribution in [-0.4, -0.2) is 10.8 Å². The number of rotatable bonds is 6. The Kier molecular flexibility index (Phi) is 5.96. The Labute approximate surface area is 168 Å². The van der Waals surface area contributed by atoms with Crippen LogP contribution in [0.15, 0.2) is 35.7 Å². The van der Waals surface area contributed by atoms with Gasteiger partial charge in [0, 0.05) is 11.6 Å². The van der Waals surface area contributed by atoms with E-state index in [1.165, 1.54) is 35.7 Å². The molecule has 12 heteroatoms. The highest BCUT2D eigenvalue weighted by molar-refractivity contribution is 7.12. The fraction of sp³-hybridized carbons (Fsp3) is 0.0556. The molecule has 3 rings (SSSR count). The Balaban J connectivity index is 1.75. The number of benzene rings is 2. The molecule has 1 aromatic heterocycles. The standard InChI is InChI=1S/C18H9F5N2O4S/c19-12-13(20)15(22)17(16(23)14(12)21)24-18(26)11-5-8(7-30-11)6-29-10-4-2-1-3-9(10)25(27)28/h1-5,7H,6H2,(H,24,26). The fourth-order valence-electron chi connectivity index (χ4n) is 2.35. The summed E-state index contributed by atoms with van der Waals surface area (Å²) in [6.07, 6.45) is 0. The second kappa shape index (κ2) is 8.45. The Morgan fingerprint density at radius 3 is 2.27 bits per heavy atom. The van der Waals surface area contributed by atoms with Crippen LogP contribution in [0, 0.1) is 39.2 Å². The van der Waals surface area contributed by atoms with Crippen LogP contribution in [0.25, 0.3) is 0 Å². The Morgan fingerprint density at radius 1 is 1.03 bits per heavy atom. The van der Waals surface area contributed by atoms with Gasteiger partial charge in [-0.3, -0.25) is 14.9 Å². The summed E-state index contributed by atoms with van der Waals surface area (Å²) in [5.41, 5.74) is -1.35. The van der Waals surface area contributed by atoms with E-state index in [0.29, 0.717) is 5.56 Å². The van der Waals surface area contributed by atoms with Crippen LogP contribution in [-0.2, 0) is 6.61 Å². The predicted molar refractivity (Wildman–Crippen MR) is 95.9 cm³/mol. The Bertz CT molecular complexity index is 1120.